The van der Waals surface area contributed by atoms with Crippen LogP contribution in [0.25, 0.3) is 23.8 Å². The van der Waals surface area contributed by atoms with E-state index in [0.29, 0.717) is 17.5 Å². The number of aryl methyl sites for hydroxylation is 2. The summed E-state index contributed by atoms with van der Waals surface area (Å²) in [6.07, 6.45) is 9.40. The van der Waals surface area contributed by atoms with Crippen molar-refractivity contribution in [2.45, 2.75) is 52.0 Å². The number of carbonyl (C=O) groups is 1. The van der Waals surface area contributed by atoms with E-state index in [1.807, 2.05) is 0 Å². The van der Waals surface area contributed by atoms with Crippen molar-refractivity contribution in [3.05, 3.63) is 147 Å². The van der Waals surface area contributed by atoms with Gasteiger partial charge in [-0.05, 0) is 75.2 Å². The molecule has 0 saturated heterocycles. The van der Waals surface area contributed by atoms with Crippen LogP contribution in [0.15, 0.2) is 80.3 Å². The molecule has 0 amide bonds. The van der Waals surface area contributed by atoms with E-state index in [4.69, 9.17) is 51.8 Å². The largest absolute Gasteiger partial charge is 1.00 e. The maximum Gasteiger partial charge on any atom is 1.00 e. The predicted molar refractivity (Wildman–Crippen MR) is 262 cm³/mol. The minimum Gasteiger partial charge on any atom is -1.00 e. The number of aliphatic hydroxyl groups excluding tert-OH is 1. The van der Waals surface area contributed by atoms with Crippen LogP contribution >= 0.6 is 11.6 Å². The minimum absolute atomic E-state index is 0. The second kappa shape index (κ2) is 29.9. The summed E-state index contributed by atoms with van der Waals surface area (Å²) in [5, 5.41) is 16.9. The number of guanidine groups is 2. The monoisotopic (exact) mass is 1410 g/mol. The van der Waals surface area contributed by atoms with Crippen LogP contribution in [-0.2, 0) is 54.0 Å². The molecule has 0 spiro atoms. The van der Waals surface area contributed by atoms with E-state index in [1.165, 1.54) is 40.3 Å². The average Bonchev–Trinajstić information content (AvgIpc) is 4.00. The summed E-state index contributed by atoms with van der Waals surface area (Å²) in [5.74, 6) is -6.93. The smallest absolute Gasteiger partial charge is 1.00 e. The van der Waals surface area contributed by atoms with Gasteiger partial charge in [0.15, 0.2) is 41.5 Å². The molecule has 0 unspecified atom stereocenters. The normalized spacial score (nSPS) is 18.3. The van der Waals surface area contributed by atoms with Crippen molar-refractivity contribution in [2.75, 3.05) is 25.6 Å². The molecular formula is C45H45ClCs2F6N12O11S2. The van der Waals surface area contributed by atoms with Crippen LogP contribution in [0.2, 0.25) is 5.15 Å². The summed E-state index contributed by atoms with van der Waals surface area (Å²) in [7, 11) is -5.45. The molecule has 0 fully saturated rings. The van der Waals surface area contributed by atoms with Crippen LogP contribution in [0.1, 0.15) is 72.2 Å². The molecule has 23 nitrogen and oxygen atoms in total. The van der Waals surface area contributed by atoms with Gasteiger partial charge in [-0.3, -0.25) is 4.79 Å². The van der Waals surface area contributed by atoms with E-state index >= 15 is 0 Å². The number of sulfonamides is 2. The maximum atomic E-state index is 14.9. The Morgan fingerprint density at radius 3 is 1.48 bits per heavy atom. The zero-order chi connectivity index (χ0) is 57.2. The Morgan fingerprint density at radius 1 is 0.734 bits per heavy atom. The fourth-order valence-electron chi connectivity index (χ4n) is 6.82. The van der Waals surface area contributed by atoms with E-state index in [2.05, 4.69) is 44.8 Å². The van der Waals surface area contributed by atoms with Gasteiger partial charge in [0.25, 0.3) is 6.47 Å². The molecule has 2 aliphatic heterocycles. The van der Waals surface area contributed by atoms with Crippen molar-refractivity contribution in [1.82, 2.24) is 38.5 Å². The minimum atomic E-state index is -3.94. The van der Waals surface area contributed by atoms with Crippen LogP contribution < -0.4 is 159 Å². The molecule has 2 atom stereocenters. The van der Waals surface area contributed by atoms with Gasteiger partial charge in [0, 0.05) is 25.2 Å². The van der Waals surface area contributed by atoms with Crippen molar-refractivity contribution in [3.63, 3.8) is 0 Å². The zero-order valence-electron chi connectivity index (χ0n) is 44.0. The van der Waals surface area contributed by atoms with Gasteiger partial charge in [0.1, 0.15) is 45.7 Å². The van der Waals surface area contributed by atoms with E-state index < -0.39 is 83.1 Å². The van der Waals surface area contributed by atoms with E-state index in [0.717, 1.165) is 69.4 Å². The molecule has 2 aliphatic rings. The predicted octanol–water partition coefficient (Wildman–Crippen LogP) is -1.39. The third-order valence-corrected chi connectivity index (χ3v) is 14.7. The number of nitrogens with zero attached hydrogens (tertiary/aromatic N) is 10. The number of nitrogens with two attached hydrogens (primary N) is 2. The van der Waals surface area contributed by atoms with Crippen molar-refractivity contribution in [1.29, 1.82) is 0 Å². The molecule has 2 aromatic carbocycles. The molecule has 79 heavy (non-hydrogen) atoms. The van der Waals surface area contributed by atoms with Crippen LogP contribution in [-0.4, -0.2) is 104 Å². The first-order valence-electron chi connectivity index (χ1n) is 21.5. The summed E-state index contributed by atoms with van der Waals surface area (Å²) in [6.45, 7) is 5.82. The zero-order valence-corrected chi connectivity index (χ0v) is 57.9. The number of benzene rings is 2. The molecule has 6 heterocycles. The van der Waals surface area contributed by atoms with Crippen molar-refractivity contribution in [2.24, 2.45) is 21.5 Å². The van der Waals surface area contributed by atoms with Gasteiger partial charge in [0.05, 0.1) is 48.7 Å². The van der Waals surface area contributed by atoms with Gasteiger partial charge in [-0.25, -0.2) is 91.7 Å². The number of hydrogen-bond donors (Lipinski definition) is 3. The Kier molecular flexibility index (Phi) is 26.2. The number of ether oxygens (including phenoxy) is 1. The number of halogens is 7. The summed E-state index contributed by atoms with van der Waals surface area (Å²) in [6, 6.07) is 3.75. The van der Waals surface area contributed by atoms with Crippen LogP contribution in [0.5, 0.6) is 5.88 Å². The molecule has 8 rings (SSSR count). The molecule has 0 bridgehead atoms. The molecular weight excluding hydrogens is 1360 g/mol. The summed E-state index contributed by atoms with van der Waals surface area (Å²) in [5.41, 5.74) is 6.60. The SMILES string of the molecule is CN1C(N)=N[C@](C)(c2cc(/C=C(\F)c3cnc(Cl)cn3)cc(F)c2F)CS1(=O)=O.Cc1cnc(CO)o1.Cc1cnc(COc2cnc(/C(F)=C/c3cc(F)c(F)c([C@]4(C)CS(=O)(=O)N(C)C(N)=N4)c3)cn2)o1.O=CO[O-].[Cs+].[Cs+].[H-]. The first kappa shape index (κ1) is 69.4. The first-order valence-corrected chi connectivity index (χ1v) is 25.1. The number of hydrogen-bond acceptors (Lipinski definition) is 21. The van der Waals surface area contributed by atoms with Crippen molar-refractivity contribution >= 4 is 73.8 Å². The van der Waals surface area contributed by atoms with Crippen molar-refractivity contribution in [3.8, 4) is 5.88 Å². The van der Waals surface area contributed by atoms with Gasteiger partial charge in [0.2, 0.25) is 49.6 Å². The molecule has 6 aromatic rings. The Hall–Kier alpha value is -3.90. The first-order chi connectivity index (χ1) is 36.0. The molecule has 0 aliphatic carbocycles. The Bertz CT molecular complexity index is 3490. The van der Waals surface area contributed by atoms with E-state index in [-0.39, 0.29) is 210 Å². The summed E-state index contributed by atoms with van der Waals surface area (Å²) < 4.78 is 154. The number of carbonyl (C=O) groups excluding carboxylic acids is 1. The third-order valence-electron chi connectivity index (χ3n) is 10.6. The fraction of sp³-hybridized carbons (Fsp3) is 0.267. The maximum absolute atomic E-state index is 14.9. The van der Waals surface area contributed by atoms with E-state index in [1.54, 1.807) is 20.0 Å². The number of oxazole rings is 2. The number of rotatable bonds is 11. The number of aromatic nitrogens is 6. The van der Waals surface area contributed by atoms with Gasteiger partial charge in [-0.1, -0.05) is 11.6 Å². The molecule has 5 N–H and O–H groups in total. The Labute approximate surface area is 571 Å². The van der Waals surface area contributed by atoms with Crippen LogP contribution in [0, 0.1) is 37.1 Å². The van der Waals surface area contributed by atoms with Crippen molar-refractivity contribution < 1.29 is 216 Å². The second-order valence-corrected chi connectivity index (χ2v) is 20.9. The molecule has 0 saturated carbocycles. The number of aliphatic hydroxyl groups is 1. The van der Waals surface area contributed by atoms with E-state index in [9.17, 15) is 43.2 Å². The molecule has 414 valence electrons. The average molecular weight is 1410 g/mol. The molecule has 34 heteroatoms. The number of aliphatic imine (C=N–C) groups is 2. The quantitative estimate of drug-likeness (QED) is 0.0582. The van der Waals surface area contributed by atoms with Gasteiger partial charge < -0.3 is 41.7 Å². The third kappa shape index (κ3) is 18.6. The molecule has 4 aromatic heterocycles. The Balaban J connectivity index is 0.000000444. The van der Waals surface area contributed by atoms with Crippen LogP contribution in [0.4, 0.5) is 26.3 Å². The summed E-state index contributed by atoms with van der Waals surface area (Å²) in [4.78, 5) is 42.4. The van der Waals surface area contributed by atoms with Gasteiger partial charge in [-0.2, -0.15) is 0 Å². The standard InChI is InChI=1S/C22H21F3N6O4S.C17H15ClF3N5O2S.C5H7NO2.CH2O3.2Cs.H/c1-12-7-28-19(35-12)10-34-18-9-27-17(8-29-18)15(23)5-13-4-14(20(25)16(24)6-13)22(2)11-36(32,33)31(3)21(26)30-22;1-17(8-29(27,28)26(2)16(22)25-17)10-3-9(5-12(20)15(10)21)4-11(19)13-6-24-14(18)7-23-13;1-4-2-6-5(3-7)8-4;2-1-4-3;;;/h4-9H,10-11H2,1-3H3,(H2,26,30);3-7H,8H2,1-2H3,(H2,22,25);2,7H,3H2,1H3;1,3H;;;/q;;;;2*+1;-1/p-1/b15-5-;11-4-;;;;;/t22-;17-;;;;;/m00...../s1. The molecule has 0 radical (unpaired) electrons. The van der Waals surface area contributed by atoms with Gasteiger partial charge in [-0.15, -0.1) is 0 Å². The fourth-order valence-corrected chi connectivity index (χ4v) is 9.81. The Morgan fingerprint density at radius 2 is 1.15 bits per heavy atom. The second-order valence-electron chi connectivity index (χ2n) is 16.5. The topological polar surface area (TPSA) is 334 Å². The summed E-state index contributed by atoms with van der Waals surface area (Å²) >= 11 is 5.60. The van der Waals surface area contributed by atoms with Crippen LogP contribution in [0.3, 0.4) is 0 Å². The van der Waals surface area contributed by atoms with Gasteiger partial charge >= 0.3 is 138 Å².